The summed E-state index contributed by atoms with van der Waals surface area (Å²) >= 11 is 2.96. The minimum atomic E-state index is -0.296. The number of nitrogens with one attached hydrogen (secondary N) is 1. The van der Waals surface area contributed by atoms with E-state index in [9.17, 15) is 9.18 Å². The van der Waals surface area contributed by atoms with Crippen molar-refractivity contribution in [1.29, 1.82) is 0 Å². The van der Waals surface area contributed by atoms with E-state index in [-0.39, 0.29) is 11.7 Å². The van der Waals surface area contributed by atoms with E-state index in [1.165, 1.54) is 34.3 Å². The molecule has 5 aromatic rings. The highest BCUT2D eigenvalue weighted by atomic mass is 32.1. The molecule has 2 aromatic carbocycles. The molecule has 5 rings (SSSR count). The molecule has 3 heterocycles. The quantitative estimate of drug-likeness (QED) is 0.385. The molecule has 150 valence electrons. The highest BCUT2D eigenvalue weighted by Crippen LogP contribution is 2.28. The van der Waals surface area contributed by atoms with Gasteiger partial charge >= 0.3 is 0 Å². The minimum Gasteiger partial charge on any atom is -0.302 e. The van der Waals surface area contributed by atoms with Crippen LogP contribution in [-0.4, -0.2) is 20.3 Å². The van der Waals surface area contributed by atoms with Gasteiger partial charge in [0.05, 0.1) is 15.9 Å². The van der Waals surface area contributed by atoms with Gasteiger partial charge in [0.15, 0.2) is 10.1 Å². The molecule has 0 spiro atoms. The first kappa shape index (κ1) is 18.9. The summed E-state index contributed by atoms with van der Waals surface area (Å²) in [4.78, 5) is 22.2. The fourth-order valence-corrected chi connectivity index (χ4v) is 5.20. The van der Waals surface area contributed by atoms with Crippen molar-refractivity contribution in [3.63, 3.8) is 0 Å². The van der Waals surface area contributed by atoms with Crippen LogP contribution in [0.1, 0.15) is 17.7 Å². The zero-order valence-corrected chi connectivity index (χ0v) is 17.7. The molecule has 1 amide bonds. The van der Waals surface area contributed by atoms with Crippen LogP contribution in [0.2, 0.25) is 0 Å². The fourth-order valence-electron chi connectivity index (χ4n) is 3.32. The second-order valence-electron chi connectivity index (χ2n) is 7.02. The van der Waals surface area contributed by atoms with E-state index >= 15 is 0 Å². The molecular formula is C22H17FN4OS2. The van der Waals surface area contributed by atoms with E-state index in [0.717, 1.165) is 20.9 Å². The minimum absolute atomic E-state index is 0.0837. The molecule has 1 N–H and O–H groups in total. The molecule has 3 aromatic heterocycles. The number of rotatable bonds is 5. The topological polar surface area (TPSA) is 59.3 Å². The molecule has 5 nitrogen and oxygen atoms in total. The van der Waals surface area contributed by atoms with Crippen molar-refractivity contribution in [2.75, 3.05) is 5.32 Å². The largest absolute Gasteiger partial charge is 0.302 e. The highest BCUT2D eigenvalue weighted by Gasteiger charge is 2.14. The van der Waals surface area contributed by atoms with Gasteiger partial charge in [-0.2, -0.15) is 0 Å². The lowest BCUT2D eigenvalue weighted by molar-refractivity contribution is -0.116. The van der Waals surface area contributed by atoms with Gasteiger partial charge in [0.2, 0.25) is 5.91 Å². The van der Waals surface area contributed by atoms with Crippen LogP contribution in [0.3, 0.4) is 0 Å². The van der Waals surface area contributed by atoms with Crippen molar-refractivity contribution in [2.24, 2.45) is 0 Å². The van der Waals surface area contributed by atoms with Crippen LogP contribution in [0.15, 0.2) is 54.0 Å². The number of anilines is 1. The first-order valence-electron chi connectivity index (χ1n) is 9.44. The summed E-state index contributed by atoms with van der Waals surface area (Å²) in [5.41, 5.74) is 4.10. The normalized spacial score (nSPS) is 11.4. The van der Waals surface area contributed by atoms with Crippen molar-refractivity contribution < 1.29 is 9.18 Å². The predicted molar refractivity (Wildman–Crippen MR) is 120 cm³/mol. The highest BCUT2D eigenvalue weighted by molar-refractivity contribution is 7.22. The zero-order chi connectivity index (χ0) is 20.7. The Morgan fingerprint density at radius 2 is 2.07 bits per heavy atom. The first-order valence-corrected chi connectivity index (χ1v) is 11.1. The Hall–Kier alpha value is -3.10. The Labute approximate surface area is 179 Å². The van der Waals surface area contributed by atoms with Gasteiger partial charge in [-0.15, -0.1) is 11.3 Å². The lowest BCUT2D eigenvalue weighted by Crippen LogP contribution is -2.12. The molecule has 0 aliphatic heterocycles. The van der Waals surface area contributed by atoms with E-state index in [1.54, 1.807) is 18.2 Å². The summed E-state index contributed by atoms with van der Waals surface area (Å²) in [6, 6.07) is 12.6. The van der Waals surface area contributed by atoms with Gasteiger partial charge in [0.1, 0.15) is 5.82 Å². The number of carbonyl (C=O) groups is 1. The van der Waals surface area contributed by atoms with Gasteiger partial charge < -0.3 is 5.32 Å². The summed E-state index contributed by atoms with van der Waals surface area (Å²) in [5, 5.41) is 5.50. The van der Waals surface area contributed by atoms with Crippen LogP contribution < -0.4 is 5.32 Å². The number of aromatic nitrogens is 3. The van der Waals surface area contributed by atoms with Crippen LogP contribution in [0, 0.1) is 12.7 Å². The predicted octanol–water partition coefficient (Wildman–Crippen LogP) is 5.69. The van der Waals surface area contributed by atoms with Gasteiger partial charge in [-0.3, -0.25) is 9.20 Å². The maximum Gasteiger partial charge on any atom is 0.226 e. The summed E-state index contributed by atoms with van der Waals surface area (Å²) in [6.45, 7) is 2.03. The molecule has 0 aliphatic carbocycles. The summed E-state index contributed by atoms with van der Waals surface area (Å²) in [5.74, 6) is -0.380. The van der Waals surface area contributed by atoms with Crippen molar-refractivity contribution >= 4 is 48.9 Å². The average Bonchev–Trinajstić information content (AvgIpc) is 3.40. The van der Waals surface area contributed by atoms with E-state index in [0.29, 0.717) is 29.2 Å². The lowest BCUT2D eigenvalue weighted by Gasteiger charge is -2.01. The average molecular weight is 437 g/mol. The number of hydrogen-bond acceptors (Lipinski definition) is 5. The van der Waals surface area contributed by atoms with E-state index in [1.807, 2.05) is 35.0 Å². The number of nitrogens with zero attached hydrogens (tertiary/aromatic N) is 3. The summed E-state index contributed by atoms with van der Waals surface area (Å²) in [7, 11) is 0. The van der Waals surface area contributed by atoms with Crippen LogP contribution in [0.4, 0.5) is 9.52 Å². The number of carbonyl (C=O) groups excluding carboxylic acids is 1. The Balaban J connectivity index is 1.29. The van der Waals surface area contributed by atoms with Gasteiger partial charge in [0, 0.05) is 29.3 Å². The van der Waals surface area contributed by atoms with Crippen LogP contribution in [-0.2, 0) is 11.2 Å². The molecule has 0 saturated heterocycles. The number of amides is 1. The van der Waals surface area contributed by atoms with Gasteiger partial charge in [0.25, 0.3) is 0 Å². The second-order valence-corrected chi connectivity index (χ2v) is 8.89. The van der Waals surface area contributed by atoms with Gasteiger partial charge in [-0.1, -0.05) is 29.5 Å². The van der Waals surface area contributed by atoms with Crippen molar-refractivity contribution in [3.05, 3.63) is 71.1 Å². The zero-order valence-electron chi connectivity index (χ0n) is 16.1. The molecule has 0 bridgehead atoms. The molecule has 0 unspecified atom stereocenters. The van der Waals surface area contributed by atoms with Crippen molar-refractivity contribution in [1.82, 2.24) is 14.4 Å². The monoisotopic (exact) mass is 436 g/mol. The van der Waals surface area contributed by atoms with Gasteiger partial charge in [-0.05, 0) is 43.2 Å². The number of aryl methyl sites for hydroxylation is 2. The fraction of sp³-hybridized carbons (Fsp3) is 0.136. The Bertz CT molecular complexity index is 1380. The Kier molecular flexibility index (Phi) is 4.80. The lowest BCUT2D eigenvalue weighted by atomic mass is 10.1. The maximum absolute atomic E-state index is 14.1. The molecule has 0 atom stereocenters. The number of fused-ring (bicyclic) bond motifs is 2. The van der Waals surface area contributed by atoms with Crippen LogP contribution in [0.5, 0.6) is 0 Å². The third-order valence-corrected chi connectivity index (χ3v) is 6.65. The summed E-state index contributed by atoms with van der Waals surface area (Å²) < 4.78 is 17.1. The second kappa shape index (κ2) is 7.62. The number of hydrogen-bond donors (Lipinski definition) is 1. The standard InChI is InChI=1S/C22H17FN4OS2/c1-13-6-8-17-19(10-13)30-21(24-17)26-20(28)9-7-14-12-29-22-25-18(11-27(14)22)15-4-2-3-5-16(15)23/h2-6,8,10-12H,7,9H2,1H3,(H,24,26,28). The SMILES string of the molecule is Cc1ccc2nc(NC(=O)CCc3csc4nc(-c5ccccc5F)cn34)sc2c1. The number of benzene rings is 2. The van der Waals surface area contributed by atoms with E-state index in [2.05, 4.69) is 21.4 Å². The first-order chi connectivity index (χ1) is 14.6. The molecule has 0 radical (unpaired) electrons. The number of thiazole rings is 2. The smallest absolute Gasteiger partial charge is 0.226 e. The maximum atomic E-state index is 14.1. The van der Waals surface area contributed by atoms with E-state index < -0.39 is 0 Å². The van der Waals surface area contributed by atoms with Crippen LogP contribution in [0.25, 0.3) is 26.4 Å². The molecule has 30 heavy (non-hydrogen) atoms. The van der Waals surface area contributed by atoms with Crippen molar-refractivity contribution in [3.8, 4) is 11.3 Å². The third-order valence-electron chi connectivity index (χ3n) is 4.83. The third kappa shape index (κ3) is 3.59. The Morgan fingerprint density at radius 3 is 2.93 bits per heavy atom. The molecule has 8 heteroatoms. The van der Waals surface area contributed by atoms with Crippen LogP contribution >= 0.6 is 22.7 Å². The molecular weight excluding hydrogens is 419 g/mol. The summed E-state index contributed by atoms with van der Waals surface area (Å²) in [6.07, 6.45) is 2.71. The van der Waals surface area contributed by atoms with Gasteiger partial charge in [-0.25, -0.2) is 14.4 Å². The molecule has 0 aliphatic rings. The molecule has 0 saturated carbocycles. The van der Waals surface area contributed by atoms with E-state index in [4.69, 9.17) is 0 Å². The molecule has 0 fully saturated rings. The Morgan fingerprint density at radius 1 is 1.20 bits per heavy atom. The van der Waals surface area contributed by atoms with Crippen molar-refractivity contribution in [2.45, 2.75) is 19.8 Å². The number of imidazole rings is 1. The number of halogens is 1.